The van der Waals surface area contributed by atoms with Crippen LogP contribution in [-0.4, -0.2) is 4.98 Å². The second-order valence-corrected chi connectivity index (χ2v) is 4.85. The van der Waals surface area contributed by atoms with Crippen molar-refractivity contribution in [2.75, 3.05) is 0 Å². The van der Waals surface area contributed by atoms with Crippen molar-refractivity contribution in [1.82, 2.24) is 4.98 Å². The lowest BCUT2D eigenvalue weighted by molar-refractivity contribution is 0.597. The van der Waals surface area contributed by atoms with Crippen molar-refractivity contribution in [2.45, 2.75) is 19.4 Å². The number of pyridine rings is 1. The zero-order valence-corrected chi connectivity index (χ0v) is 9.43. The maximum absolute atomic E-state index is 6.33. The lowest BCUT2D eigenvalue weighted by Crippen LogP contribution is -2.13. The molecule has 2 aromatic rings. The molecule has 0 aliphatic heterocycles. The molecule has 2 N–H and O–H groups in total. The maximum Gasteiger partial charge on any atom is 0.0349 e. The molecular formula is C14H16N2. The van der Waals surface area contributed by atoms with Crippen LogP contribution in [0.4, 0.5) is 0 Å². The van der Waals surface area contributed by atoms with Crippen LogP contribution >= 0.6 is 0 Å². The molecule has 2 nitrogen and oxygen atoms in total. The van der Waals surface area contributed by atoms with Gasteiger partial charge in [-0.15, -0.1) is 0 Å². The molecule has 2 heteroatoms. The molecule has 1 heterocycles. The van der Waals surface area contributed by atoms with Gasteiger partial charge in [0.05, 0.1) is 0 Å². The number of aromatic nitrogens is 1. The molecule has 1 aliphatic rings. The van der Waals surface area contributed by atoms with Crippen molar-refractivity contribution in [2.24, 2.45) is 17.6 Å². The highest BCUT2D eigenvalue weighted by Gasteiger charge is 2.38. The number of benzene rings is 1. The Balaban J connectivity index is 2.09. The first kappa shape index (κ1) is 9.79. The van der Waals surface area contributed by atoms with Crippen LogP contribution < -0.4 is 5.73 Å². The first-order chi connectivity index (χ1) is 7.77. The Hall–Kier alpha value is -1.41. The molecule has 1 saturated carbocycles. The van der Waals surface area contributed by atoms with E-state index in [9.17, 15) is 0 Å². The minimum atomic E-state index is 0.169. The summed E-state index contributed by atoms with van der Waals surface area (Å²) >= 11 is 0. The molecule has 16 heavy (non-hydrogen) atoms. The van der Waals surface area contributed by atoms with Gasteiger partial charge in [0.1, 0.15) is 0 Å². The Morgan fingerprint density at radius 1 is 1.38 bits per heavy atom. The quantitative estimate of drug-likeness (QED) is 0.831. The van der Waals surface area contributed by atoms with Gasteiger partial charge in [-0.25, -0.2) is 0 Å². The third-order valence-corrected chi connectivity index (χ3v) is 3.71. The van der Waals surface area contributed by atoms with Gasteiger partial charge in [0.25, 0.3) is 0 Å². The second kappa shape index (κ2) is 3.56. The highest BCUT2D eigenvalue weighted by molar-refractivity contribution is 5.85. The van der Waals surface area contributed by atoms with Gasteiger partial charge < -0.3 is 5.73 Å². The number of nitrogens with two attached hydrogens (primary N) is 1. The standard InChI is InChI=1S/C14H16N2/c1-9-7-12(9)14(15)11-4-2-3-10-5-6-16-8-13(10)11/h2-6,8-9,12,14H,7,15H2,1H3. The Morgan fingerprint density at radius 3 is 2.94 bits per heavy atom. The van der Waals surface area contributed by atoms with Crippen molar-refractivity contribution >= 4 is 10.8 Å². The summed E-state index contributed by atoms with van der Waals surface area (Å²) in [4.78, 5) is 4.20. The van der Waals surface area contributed by atoms with E-state index >= 15 is 0 Å². The van der Waals surface area contributed by atoms with Gasteiger partial charge in [0, 0.05) is 23.8 Å². The van der Waals surface area contributed by atoms with Gasteiger partial charge in [-0.1, -0.05) is 25.1 Å². The van der Waals surface area contributed by atoms with E-state index in [1.807, 2.05) is 18.5 Å². The molecular weight excluding hydrogens is 196 g/mol. The molecule has 0 amide bonds. The molecule has 1 fully saturated rings. The van der Waals surface area contributed by atoms with Gasteiger partial charge in [-0.3, -0.25) is 4.98 Å². The van der Waals surface area contributed by atoms with E-state index in [2.05, 4.69) is 30.1 Å². The summed E-state index contributed by atoms with van der Waals surface area (Å²) in [5, 5.41) is 2.44. The minimum Gasteiger partial charge on any atom is -0.324 e. The number of fused-ring (bicyclic) bond motifs is 1. The smallest absolute Gasteiger partial charge is 0.0349 e. The second-order valence-electron chi connectivity index (χ2n) is 4.85. The summed E-state index contributed by atoms with van der Waals surface area (Å²) in [6.07, 6.45) is 5.02. The first-order valence-electron chi connectivity index (χ1n) is 5.85. The molecule has 1 aromatic heterocycles. The molecule has 1 aromatic carbocycles. The molecule has 3 rings (SSSR count). The van der Waals surface area contributed by atoms with Crippen LogP contribution in [0.3, 0.4) is 0 Å². The van der Waals surface area contributed by atoms with Gasteiger partial charge in [-0.2, -0.15) is 0 Å². The van der Waals surface area contributed by atoms with Crippen molar-refractivity contribution in [3.05, 3.63) is 42.2 Å². The molecule has 3 atom stereocenters. The van der Waals surface area contributed by atoms with E-state index in [0.29, 0.717) is 5.92 Å². The predicted molar refractivity (Wildman–Crippen MR) is 65.9 cm³/mol. The van der Waals surface area contributed by atoms with Crippen molar-refractivity contribution in [3.8, 4) is 0 Å². The van der Waals surface area contributed by atoms with Crippen LogP contribution in [0.25, 0.3) is 10.8 Å². The van der Waals surface area contributed by atoms with Gasteiger partial charge >= 0.3 is 0 Å². The van der Waals surface area contributed by atoms with Crippen LogP contribution in [0.1, 0.15) is 24.9 Å². The Kier molecular flexibility index (Phi) is 2.18. The SMILES string of the molecule is CC1CC1C(N)c1cccc2ccncc12. The van der Waals surface area contributed by atoms with Gasteiger partial charge in [0.2, 0.25) is 0 Å². The Labute approximate surface area is 95.5 Å². The van der Waals surface area contributed by atoms with Crippen molar-refractivity contribution in [1.29, 1.82) is 0 Å². The molecule has 0 radical (unpaired) electrons. The number of hydrogen-bond donors (Lipinski definition) is 1. The first-order valence-corrected chi connectivity index (χ1v) is 5.85. The molecule has 1 aliphatic carbocycles. The van der Waals surface area contributed by atoms with Crippen LogP contribution in [-0.2, 0) is 0 Å². The zero-order valence-electron chi connectivity index (χ0n) is 9.43. The summed E-state index contributed by atoms with van der Waals surface area (Å²) in [5.41, 5.74) is 7.58. The summed E-state index contributed by atoms with van der Waals surface area (Å²) in [7, 11) is 0. The fourth-order valence-corrected chi connectivity index (χ4v) is 2.51. The number of hydrogen-bond acceptors (Lipinski definition) is 2. The zero-order chi connectivity index (χ0) is 11.1. The normalized spacial score (nSPS) is 25.6. The van der Waals surface area contributed by atoms with Crippen LogP contribution in [0.5, 0.6) is 0 Å². The van der Waals surface area contributed by atoms with Crippen LogP contribution in [0.15, 0.2) is 36.7 Å². The number of rotatable bonds is 2. The summed E-state index contributed by atoms with van der Waals surface area (Å²) in [5.74, 6) is 1.44. The average Bonchev–Trinajstić information content (AvgIpc) is 3.05. The molecule has 3 unspecified atom stereocenters. The lowest BCUT2D eigenvalue weighted by Gasteiger charge is -2.14. The van der Waals surface area contributed by atoms with Crippen molar-refractivity contribution < 1.29 is 0 Å². The summed E-state index contributed by atoms with van der Waals surface area (Å²) < 4.78 is 0. The minimum absolute atomic E-state index is 0.169. The third-order valence-electron chi connectivity index (χ3n) is 3.71. The maximum atomic E-state index is 6.33. The highest BCUT2D eigenvalue weighted by Crippen LogP contribution is 2.46. The van der Waals surface area contributed by atoms with Gasteiger partial charge in [0.15, 0.2) is 0 Å². The van der Waals surface area contributed by atoms with E-state index < -0.39 is 0 Å². The number of nitrogens with zero attached hydrogens (tertiary/aromatic N) is 1. The van der Waals surface area contributed by atoms with E-state index in [-0.39, 0.29) is 6.04 Å². The summed E-state index contributed by atoms with van der Waals surface area (Å²) in [6, 6.07) is 8.55. The third kappa shape index (κ3) is 1.50. The van der Waals surface area contributed by atoms with Crippen LogP contribution in [0.2, 0.25) is 0 Å². The van der Waals surface area contributed by atoms with Crippen LogP contribution in [0, 0.1) is 11.8 Å². The molecule has 0 bridgehead atoms. The van der Waals surface area contributed by atoms with E-state index in [1.54, 1.807) is 0 Å². The predicted octanol–water partition coefficient (Wildman–Crippen LogP) is 2.89. The Morgan fingerprint density at radius 2 is 2.19 bits per heavy atom. The van der Waals surface area contributed by atoms with Crippen molar-refractivity contribution in [3.63, 3.8) is 0 Å². The van der Waals surface area contributed by atoms with E-state index in [4.69, 9.17) is 5.73 Å². The average molecular weight is 212 g/mol. The van der Waals surface area contributed by atoms with E-state index in [0.717, 1.165) is 5.92 Å². The van der Waals surface area contributed by atoms with E-state index in [1.165, 1.54) is 22.8 Å². The monoisotopic (exact) mass is 212 g/mol. The van der Waals surface area contributed by atoms with Gasteiger partial charge in [-0.05, 0) is 35.3 Å². The lowest BCUT2D eigenvalue weighted by atomic mass is 9.97. The fourth-order valence-electron chi connectivity index (χ4n) is 2.51. The molecule has 0 spiro atoms. The molecule has 0 saturated heterocycles. The Bertz CT molecular complexity index is 516. The molecule has 82 valence electrons. The fraction of sp³-hybridized carbons (Fsp3) is 0.357. The topological polar surface area (TPSA) is 38.9 Å². The largest absolute Gasteiger partial charge is 0.324 e. The summed E-state index contributed by atoms with van der Waals surface area (Å²) in [6.45, 7) is 2.27. The highest BCUT2D eigenvalue weighted by atomic mass is 14.7.